The van der Waals surface area contributed by atoms with E-state index in [1.54, 1.807) is 37.3 Å². The molecule has 13 nitrogen and oxygen atoms in total. The molecule has 1 aliphatic heterocycles. The van der Waals surface area contributed by atoms with Crippen LogP contribution in [0.25, 0.3) is 22.6 Å². The van der Waals surface area contributed by atoms with E-state index in [1.807, 2.05) is 0 Å². The average molecular weight is 654 g/mol. The molecule has 6 N–H and O–H groups in total. The van der Waals surface area contributed by atoms with Gasteiger partial charge in [0, 0.05) is 58.8 Å². The third-order valence-corrected chi connectivity index (χ3v) is 7.78. The molecule has 0 saturated heterocycles. The highest BCUT2D eigenvalue weighted by molar-refractivity contribution is 6.04. The minimum atomic E-state index is -0.566. The van der Waals surface area contributed by atoms with Gasteiger partial charge in [0.05, 0.1) is 31.2 Å². The zero-order valence-electron chi connectivity index (χ0n) is 26.5. The van der Waals surface area contributed by atoms with Crippen molar-refractivity contribution in [3.8, 4) is 0 Å². The number of hydrogen-bond acceptors (Lipinski definition) is 9. The summed E-state index contributed by atoms with van der Waals surface area (Å²) in [5.41, 5.74) is 9.86. The molecule has 5 rings (SSSR count). The summed E-state index contributed by atoms with van der Waals surface area (Å²) in [6.07, 6.45) is 6.42. The lowest BCUT2D eigenvalue weighted by Crippen LogP contribution is -2.26. The summed E-state index contributed by atoms with van der Waals surface area (Å²) in [5.74, 6) is -1.81. The number of ether oxygens (including phenoxy) is 1. The molecule has 0 fully saturated rings. The smallest absolute Gasteiger partial charge is 0.340 e. The van der Waals surface area contributed by atoms with E-state index in [9.17, 15) is 24.3 Å². The molecule has 0 aliphatic carbocycles. The number of esters is 1. The number of allylic oxidation sites excluding steroid dienone is 2. The Morgan fingerprint density at radius 1 is 1.19 bits per heavy atom. The number of nitrogens with two attached hydrogens (primary N) is 1. The van der Waals surface area contributed by atoms with Gasteiger partial charge in [0.25, 0.3) is 11.8 Å². The van der Waals surface area contributed by atoms with Gasteiger partial charge < -0.3 is 44.9 Å². The summed E-state index contributed by atoms with van der Waals surface area (Å²) in [6, 6.07) is 8.22. The fourth-order valence-corrected chi connectivity index (χ4v) is 5.64. The van der Waals surface area contributed by atoms with Crippen LogP contribution in [-0.2, 0) is 16.1 Å². The summed E-state index contributed by atoms with van der Waals surface area (Å²) in [4.78, 5) is 55.9. The van der Waals surface area contributed by atoms with Crippen LogP contribution < -0.4 is 16.4 Å². The van der Waals surface area contributed by atoms with Gasteiger partial charge in [-0.25, -0.2) is 4.79 Å². The molecule has 0 atom stereocenters. The molecule has 3 amide bonds. The molecule has 13 heteroatoms. The predicted molar refractivity (Wildman–Crippen MR) is 178 cm³/mol. The Balaban J connectivity index is 1.35. The number of amides is 3. The first-order valence-corrected chi connectivity index (χ1v) is 15.0. The van der Waals surface area contributed by atoms with E-state index >= 15 is 0 Å². The molecule has 0 unspecified atom stereocenters. The van der Waals surface area contributed by atoms with Gasteiger partial charge in [-0.1, -0.05) is 25.3 Å². The summed E-state index contributed by atoms with van der Waals surface area (Å²) in [7, 11) is 1.28. The third-order valence-electron chi connectivity index (χ3n) is 7.78. The molecule has 248 valence electrons. The minimum Gasteiger partial charge on any atom is -0.465 e. The molecule has 4 heterocycles. The number of rotatable bonds is 12. The van der Waals surface area contributed by atoms with Gasteiger partial charge in [0.15, 0.2) is 17.1 Å². The van der Waals surface area contributed by atoms with Crippen LogP contribution in [0.1, 0.15) is 66.8 Å². The van der Waals surface area contributed by atoms with Crippen LogP contribution in [-0.4, -0.2) is 58.9 Å². The van der Waals surface area contributed by atoms with Crippen LogP contribution in [0.4, 0.5) is 5.69 Å². The van der Waals surface area contributed by atoms with E-state index in [1.165, 1.54) is 36.5 Å². The topological polar surface area (TPSA) is 193 Å². The second-order valence-corrected chi connectivity index (χ2v) is 10.8. The van der Waals surface area contributed by atoms with Gasteiger partial charge in [-0.3, -0.25) is 14.4 Å². The van der Waals surface area contributed by atoms with Gasteiger partial charge in [-0.15, -0.1) is 0 Å². The number of carbonyl (C=O) groups excluding carboxylic acids is 4. The Bertz CT molecular complexity index is 2010. The van der Waals surface area contributed by atoms with Gasteiger partial charge in [0.1, 0.15) is 0 Å². The van der Waals surface area contributed by atoms with Crippen molar-refractivity contribution in [3.05, 3.63) is 113 Å². The predicted octanol–water partition coefficient (Wildman–Crippen LogP) is 4.63. The molecule has 0 radical (unpaired) electrons. The Kier molecular flexibility index (Phi) is 9.92. The van der Waals surface area contributed by atoms with E-state index < -0.39 is 17.8 Å². The summed E-state index contributed by atoms with van der Waals surface area (Å²) < 4.78 is 16.4. The minimum absolute atomic E-state index is 0.00671. The van der Waals surface area contributed by atoms with Crippen molar-refractivity contribution in [2.45, 2.75) is 26.4 Å². The molecule has 0 spiro atoms. The number of aliphatic hydroxyl groups is 1. The van der Waals surface area contributed by atoms with Crippen molar-refractivity contribution >= 4 is 52.0 Å². The number of aromatic nitrogens is 1. The maximum absolute atomic E-state index is 13.6. The van der Waals surface area contributed by atoms with Crippen molar-refractivity contribution < 1.29 is 37.9 Å². The first-order valence-electron chi connectivity index (χ1n) is 15.0. The normalized spacial score (nSPS) is 13.2. The number of fused-ring (bicyclic) bond motifs is 1. The standard InChI is InChI=1S/C35H35N5O8/c1-5-22(38-33(43)27-16-21-8-7-9-24(32(21)48-27)39-29(42)10-12-36)14-20-15-28(47-18-20)34(44)40-13-11-23(26(40)6-2)31-25(17-41)37-19(3)30(31)35(45)46-4/h5-9,14-16,18,37,41H,1-2,10-13,17,36H2,3-4H3,(H,38,43)(H,39,42)/b22-14+. The molecule has 3 aromatic heterocycles. The summed E-state index contributed by atoms with van der Waals surface area (Å²) >= 11 is 0. The molecule has 1 aromatic carbocycles. The van der Waals surface area contributed by atoms with Gasteiger partial charge in [-0.2, -0.15) is 0 Å². The number of furan rings is 2. The molecule has 48 heavy (non-hydrogen) atoms. The zero-order valence-corrected chi connectivity index (χ0v) is 26.5. The highest BCUT2D eigenvalue weighted by Crippen LogP contribution is 2.38. The highest BCUT2D eigenvalue weighted by Gasteiger charge is 2.33. The number of benzene rings is 1. The number of carbonyl (C=O) groups is 4. The van der Waals surface area contributed by atoms with Crippen molar-refractivity contribution in [3.63, 3.8) is 0 Å². The SMILES string of the molecule is C=CC1=C(c2c(CO)[nH]c(C)c2C(=O)OC)CCN1C(=O)c1cc(/C=C(\C=C)NC(=O)c2cc3cccc(NC(=O)CCN)c3o2)co1. The molecular weight excluding hydrogens is 618 g/mol. The fraction of sp³-hybridized carbons (Fsp3) is 0.200. The monoisotopic (exact) mass is 653 g/mol. The molecule has 1 aliphatic rings. The quantitative estimate of drug-likeness (QED) is 0.107. The van der Waals surface area contributed by atoms with E-state index in [0.717, 1.165) is 0 Å². The van der Waals surface area contributed by atoms with E-state index in [-0.39, 0.29) is 49.1 Å². The van der Waals surface area contributed by atoms with Crippen molar-refractivity contribution in [2.24, 2.45) is 5.73 Å². The fourth-order valence-electron chi connectivity index (χ4n) is 5.64. The first-order chi connectivity index (χ1) is 23.1. The lowest BCUT2D eigenvalue weighted by atomic mass is 9.97. The number of anilines is 1. The summed E-state index contributed by atoms with van der Waals surface area (Å²) in [5, 5.41) is 16.1. The van der Waals surface area contributed by atoms with Crippen molar-refractivity contribution in [1.29, 1.82) is 0 Å². The lowest BCUT2D eigenvalue weighted by Gasteiger charge is -2.17. The highest BCUT2D eigenvalue weighted by atomic mass is 16.5. The number of aryl methyl sites for hydroxylation is 1. The molecule has 4 aromatic rings. The van der Waals surface area contributed by atoms with E-state index in [0.29, 0.717) is 62.6 Å². The van der Waals surface area contributed by atoms with Crippen LogP contribution in [0.5, 0.6) is 0 Å². The van der Waals surface area contributed by atoms with Gasteiger partial charge >= 0.3 is 5.97 Å². The second kappa shape index (κ2) is 14.2. The average Bonchev–Trinajstić information content (AvgIpc) is 3.88. The maximum Gasteiger partial charge on any atom is 0.340 e. The van der Waals surface area contributed by atoms with Crippen molar-refractivity contribution in [2.75, 3.05) is 25.5 Å². The lowest BCUT2D eigenvalue weighted by molar-refractivity contribution is -0.116. The Labute approximate surface area is 275 Å². The van der Waals surface area contributed by atoms with Gasteiger partial charge in [-0.05, 0) is 55.3 Å². The molecular formula is C35H35N5O8. The maximum atomic E-state index is 13.6. The van der Waals surface area contributed by atoms with Crippen LogP contribution in [0, 0.1) is 6.92 Å². The summed E-state index contributed by atoms with van der Waals surface area (Å²) in [6.45, 7) is 9.48. The molecule has 0 saturated carbocycles. The first kappa shape index (κ1) is 33.4. The van der Waals surface area contributed by atoms with Crippen LogP contribution in [0.15, 0.2) is 82.1 Å². The van der Waals surface area contributed by atoms with Crippen LogP contribution in [0.2, 0.25) is 0 Å². The van der Waals surface area contributed by atoms with Gasteiger partial charge in [0.2, 0.25) is 5.91 Å². The second-order valence-electron chi connectivity index (χ2n) is 10.8. The Morgan fingerprint density at radius 3 is 2.67 bits per heavy atom. The van der Waals surface area contributed by atoms with E-state index in [4.69, 9.17) is 19.3 Å². The number of aliphatic hydroxyl groups excluding tert-OH is 1. The number of nitrogens with one attached hydrogen (secondary N) is 3. The van der Waals surface area contributed by atoms with Crippen LogP contribution >= 0.6 is 0 Å². The largest absolute Gasteiger partial charge is 0.465 e. The van der Waals surface area contributed by atoms with E-state index in [2.05, 4.69) is 28.8 Å². The Morgan fingerprint density at radius 2 is 1.98 bits per heavy atom. The molecule has 0 bridgehead atoms. The number of H-pyrrole nitrogens is 1. The third kappa shape index (κ3) is 6.49. The zero-order chi connectivity index (χ0) is 34.5. The number of hydrogen-bond donors (Lipinski definition) is 5. The Hall–Kier alpha value is -5.92. The van der Waals surface area contributed by atoms with Crippen molar-refractivity contribution in [1.82, 2.24) is 15.2 Å². The number of para-hydroxylation sites is 1. The van der Waals surface area contributed by atoms with Crippen LogP contribution in [0.3, 0.4) is 0 Å². The number of aromatic amines is 1. The number of nitrogens with zero attached hydrogens (tertiary/aromatic N) is 1. The number of methoxy groups -OCH3 is 1.